The molecule has 0 fully saturated rings. The minimum Gasteiger partial charge on any atom is -0.462 e. The third kappa shape index (κ3) is 4.80. The van der Waals surface area contributed by atoms with Gasteiger partial charge in [-0.25, -0.2) is 4.79 Å². The van der Waals surface area contributed by atoms with Crippen molar-refractivity contribution < 1.29 is 9.53 Å². The van der Waals surface area contributed by atoms with Crippen LogP contribution in [0.5, 0.6) is 0 Å². The Morgan fingerprint density at radius 3 is 2.29 bits per heavy atom. The molecule has 3 nitrogen and oxygen atoms in total. The fourth-order valence-electron chi connectivity index (χ4n) is 1.99. The van der Waals surface area contributed by atoms with Crippen molar-refractivity contribution in [3.05, 3.63) is 65.7 Å². The molecule has 0 aliphatic carbocycles. The van der Waals surface area contributed by atoms with Crippen LogP contribution in [0.2, 0.25) is 0 Å². The van der Waals surface area contributed by atoms with Gasteiger partial charge in [-0.05, 0) is 43.7 Å². The van der Waals surface area contributed by atoms with Gasteiger partial charge in [-0.3, -0.25) is 0 Å². The van der Waals surface area contributed by atoms with Crippen LogP contribution in [0.4, 0.5) is 5.69 Å². The molecule has 0 aromatic heterocycles. The Balaban J connectivity index is 0.00000220. The van der Waals surface area contributed by atoms with Crippen molar-refractivity contribution >= 4 is 24.1 Å². The number of carbonyl (C=O) groups is 1. The molecule has 0 aliphatic heterocycles. The molecule has 0 aliphatic rings. The molecule has 1 N–H and O–H groups in total. The third-order valence-electron chi connectivity index (χ3n) is 3.08. The van der Waals surface area contributed by atoms with Gasteiger partial charge in [0.2, 0.25) is 0 Å². The SMILES string of the molecule is CCOC(=O)c1ccc(N[C@@H](C)c2ccccc2)cc1.Cl. The number of benzene rings is 2. The van der Waals surface area contributed by atoms with E-state index in [0.29, 0.717) is 12.2 Å². The van der Waals surface area contributed by atoms with Crippen molar-refractivity contribution in [3.63, 3.8) is 0 Å². The van der Waals surface area contributed by atoms with Gasteiger partial charge in [0, 0.05) is 11.7 Å². The van der Waals surface area contributed by atoms with Crippen molar-refractivity contribution in [2.75, 3.05) is 11.9 Å². The highest BCUT2D eigenvalue weighted by Crippen LogP contribution is 2.19. The number of carbonyl (C=O) groups excluding carboxylic acids is 1. The highest BCUT2D eigenvalue weighted by molar-refractivity contribution is 5.89. The smallest absolute Gasteiger partial charge is 0.338 e. The van der Waals surface area contributed by atoms with Crippen molar-refractivity contribution in [1.82, 2.24) is 0 Å². The van der Waals surface area contributed by atoms with Crippen molar-refractivity contribution in [1.29, 1.82) is 0 Å². The van der Waals surface area contributed by atoms with Gasteiger partial charge in [0.25, 0.3) is 0 Å². The molecule has 0 unspecified atom stereocenters. The largest absolute Gasteiger partial charge is 0.462 e. The van der Waals surface area contributed by atoms with E-state index in [1.54, 1.807) is 19.1 Å². The summed E-state index contributed by atoms with van der Waals surface area (Å²) in [4.78, 5) is 11.6. The molecule has 0 radical (unpaired) electrons. The monoisotopic (exact) mass is 305 g/mol. The summed E-state index contributed by atoms with van der Waals surface area (Å²) in [5.74, 6) is -0.282. The molecule has 0 saturated carbocycles. The van der Waals surface area contributed by atoms with E-state index >= 15 is 0 Å². The van der Waals surface area contributed by atoms with E-state index in [4.69, 9.17) is 4.74 Å². The Hall–Kier alpha value is -2.00. The number of halogens is 1. The van der Waals surface area contributed by atoms with Gasteiger partial charge in [0.05, 0.1) is 12.2 Å². The van der Waals surface area contributed by atoms with Gasteiger partial charge < -0.3 is 10.1 Å². The minimum atomic E-state index is -0.282. The van der Waals surface area contributed by atoms with E-state index in [9.17, 15) is 4.79 Å². The van der Waals surface area contributed by atoms with Crippen LogP contribution in [-0.2, 0) is 4.74 Å². The zero-order chi connectivity index (χ0) is 14.4. The lowest BCUT2D eigenvalue weighted by molar-refractivity contribution is 0.0526. The van der Waals surface area contributed by atoms with Gasteiger partial charge >= 0.3 is 5.97 Å². The number of rotatable bonds is 5. The first kappa shape index (κ1) is 17.1. The number of hydrogen-bond donors (Lipinski definition) is 1. The van der Waals surface area contributed by atoms with Crippen LogP contribution < -0.4 is 5.32 Å². The molecule has 0 amide bonds. The van der Waals surface area contributed by atoms with Gasteiger partial charge in [-0.1, -0.05) is 30.3 Å². The summed E-state index contributed by atoms with van der Waals surface area (Å²) in [6, 6.07) is 17.8. The second-order valence-corrected chi connectivity index (χ2v) is 4.57. The maximum atomic E-state index is 11.6. The average molecular weight is 306 g/mol. The molecule has 2 aromatic rings. The summed E-state index contributed by atoms with van der Waals surface area (Å²) in [5.41, 5.74) is 2.78. The average Bonchev–Trinajstić information content (AvgIpc) is 2.49. The first-order chi connectivity index (χ1) is 9.70. The Kier molecular flexibility index (Phi) is 6.76. The summed E-state index contributed by atoms with van der Waals surface area (Å²) in [6.07, 6.45) is 0. The Morgan fingerprint density at radius 1 is 1.10 bits per heavy atom. The van der Waals surface area contributed by atoms with E-state index in [-0.39, 0.29) is 24.4 Å². The zero-order valence-corrected chi connectivity index (χ0v) is 13.0. The van der Waals surface area contributed by atoms with E-state index in [1.165, 1.54) is 5.56 Å². The predicted molar refractivity (Wildman–Crippen MR) is 88.1 cm³/mol. The Morgan fingerprint density at radius 2 is 1.71 bits per heavy atom. The standard InChI is InChI=1S/C17H19NO2.ClH/c1-3-20-17(19)15-9-11-16(12-10-15)18-13(2)14-7-5-4-6-8-14;/h4-13,18H,3H2,1-2H3;1H/t13-;/m0./s1. The third-order valence-corrected chi connectivity index (χ3v) is 3.08. The van der Waals surface area contributed by atoms with Crippen molar-refractivity contribution in [2.24, 2.45) is 0 Å². The van der Waals surface area contributed by atoms with Crippen molar-refractivity contribution in [2.45, 2.75) is 19.9 Å². The number of ether oxygens (including phenoxy) is 1. The molecule has 0 saturated heterocycles. The normalized spacial score (nSPS) is 11.1. The number of esters is 1. The second-order valence-electron chi connectivity index (χ2n) is 4.57. The summed E-state index contributed by atoms with van der Waals surface area (Å²) in [6.45, 7) is 4.30. The van der Waals surface area contributed by atoms with Gasteiger partial charge in [0.1, 0.15) is 0 Å². The highest BCUT2D eigenvalue weighted by atomic mass is 35.5. The van der Waals surface area contributed by atoms with Crippen LogP contribution in [0.1, 0.15) is 35.8 Å². The van der Waals surface area contributed by atoms with Crippen LogP contribution in [0.3, 0.4) is 0 Å². The van der Waals surface area contributed by atoms with E-state index in [2.05, 4.69) is 24.4 Å². The molecule has 2 rings (SSSR count). The van der Waals surface area contributed by atoms with Crippen LogP contribution in [0.15, 0.2) is 54.6 Å². The van der Waals surface area contributed by atoms with E-state index in [0.717, 1.165) is 5.69 Å². The fraction of sp³-hybridized carbons (Fsp3) is 0.235. The van der Waals surface area contributed by atoms with Crippen molar-refractivity contribution in [3.8, 4) is 0 Å². The van der Waals surface area contributed by atoms with Crippen LogP contribution in [-0.4, -0.2) is 12.6 Å². The van der Waals surface area contributed by atoms with E-state index < -0.39 is 0 Å². The molecular weight excluding hydrogens is 286 g/mol. The summed E-state index contributed by atoms with van der Waals surface area (Å²) in [7, 11) is 0. The molecule has 1 atom stereocenters. The van der Waals surface area contributed by atoms with Gasteiger partial charge in [0.15, 0.2) is 0 Å². The molecule has 4 heteroatoms. The Bertz CT molecular complexity index is 555. The maximum absolute atomic E-state index is 11.6. The minimum absolute atomic E-state index is 0. The molecule has 112 valence electrons. The first-order valence-electron chi connectivity index (χ1n) is 6.79. The van der Waals surface area contributed by atoms with Crippen LogP contribution in [0, 0.1) is 0 Å². The lowest BCUT2D eigenvalue weighted by atomic mass is 10.1. The van der Waals surface area contributed by atoms with E-state index in [1.807, 2.05) is 30.3 Å². The van der Waals surface area contributed by atoms with Gasteiger partial charge in [-0.15, -0.1) is 12.4 Å². The highest BCUT2D eigenvalue weighted by Gasteiger charge is 2.07. The quantitative estimate of drug-likeness (QED) is 0.829. The lowest BCUT2D eigenvalue weighted by Gasteiger charge is -2.15. The molecular formula is C17H20ClNO2. The predicted octanol–water partition coefficient (Wildman–Crippen LogP) is 4.46. The number of hydrogen-bond acceptors (Lipinski definition) is 3. The maximum Gasteiger partial charge on any atom is 0.338 e. The topological polar surface area (TPSA) is 38.3 Å². The molecule has 0 heterocycles. The summed E-state index contributed by atoms with van der Waals surface area (Å²) < 4.78 is 4.96. The molecule has 0 bridgehead atoms. The lowest BCUT2D eigenvalue weighted by Crippen LogP contribution is -2.07. The number of anilines is 1. The first-order valence-corrected chi connectivity index (χ1v) is 6.79. The second kappa shape index (κ2) is 8.32. The zero-order valence-electron chi connectivity index (χ0n) is 12.2. The Labute approximate surface area is 131 Å². The fourth-order valence-corrected chi connectivity index (χ4v) is 1.99. The molecule has 21 heavy (non-hydrogen) atoms. The summed E-state index contributed by atoms with van der Waals surface area (Å²) >= 11 is 0. The molecule has 2 aromatic carbocycles. The van der Waals surface area contributed by atoms with Gasteiger partial charge in [-0.2, -0.15) is 0 Å². The number of nitrogens with one attached hydrogen (secondary N) is 1. The molecule has 0 spiro atoms. The van der Waals surface area contributed by atoms with Crippen LogP contribution in [0.25, 0.3) is 0 Å². The summed E-state index contributed by atoms with van der Waals surface area (Å²) in [5, 5.41) is 3.40. The van der Waals surface area contributed by atoms with Crippen LogP contribution >= 0.6 is 12.4 Å².